The largest absolute Gasteiger partial charge is 0.325 e. The van der Waals surface area contributed by atoms with Crippen molar-refractivity contribution >= 4 is 57.7 Å². The Hall–Kier alpha value is -2.57. The maximum Gasteiger partial charge on any atom is 0.250 e. The van der Waals surface area contributed by atoms with E-state index in [1.165, 1.54) is 0 Å². The van der Waals surface area contributed by atoms with Crippen LogP contribution in [0.25, 0.3) is 11.0 Å². The minimum atomic E-state index is -0.666. The lowest BCUT2D eigenvalue weighted by atomic mass is 10.1. The van der Waals surface area contributed by atoms with Crippen LogP contribution in [0, 0.1) is 0 Å². The lowest BCUT2D eigenvalue weighted by Crippen LogP contribution is -2.23. The van der Waals surface area contributed by atoms with E-state index in [2.05, 4.69) is 15.6 Å². The number of amides is 2. The van der Waals surface area contributed by atoms with Crippen LogP contribution in [0.3, 0.4) is 0 Å². The summed E-state index contributed by atoms with van der Waals surface area (Å²) in [6.45, 7) is 0. The number of imidazole rings is 1. The highest BCUT2D eigenvalue weighted by molar-refractivity contribution is 6.44. The van der Waals surface area contributed by atoms with Gasteiger partial charge in [0.1, 0.15) is 6.04 Å². The number of hydrogen-bond donors (Lipinski definition) is 2. The van der Waals surface area contributed by atoms with Gasteiger partial charge in [0, 0.05) is 0 Å². The lowest BCUT2D eigenvalue weighted by Gasteiger charge is -2.13. The van der Waals surface area contributed by atoms with Crippen LogP contribution in [-0.4, -0.2) is 21.4 Å². The first kappa shape index (κ1) is 15.9. The molecule has 2 amide bonds. The molecule has 1 aromatic heterocycles. The zero-order chi connectivity index (χ0) is 17.6. The van der Waals surface area contributed by atoms with Gasteiger partial charge in [-0.2, -0.15) is 0 Å². The number of aromatic nitrogens is 2. The maximum atomic E-state index is 12.4. The fraction of sp³-hybridized carbons (Fsp3) is 0.118. The summed E-state index contributed by atoms with van der Waals surface area (Å²) in [6.07, 6.45) is -0.0397. The molecule has 3 aromatic rings. The van der Waals surface area contributed by atoms with Gasteiger partial charge in [-0.05, 0) is 24.3 Å². The highest BCUT2D eigenvalue weighted by Gasteiger charge is 2.34. The van der Waals surface area contributed by atoms with Crippen LogP contribution in [-0.2, 0) is 9.59 Å². The number of nitrogens with zero attached hydrogens (tertiary/aromatic N) is 2. The molecule has 25 heavy (non-hydrogen) atoms. The molecule has 2 N–H and O–H groups in total. The van der Waals surface area contributed by atoms with Gasteiger partial charge in [-0.25, -0.2) is 4.98 Å². The number of carbonyl (C=O) groups excluding carboxylic acids is 2. The average molecular weight is 375 g/mol. The molecule has 0 spiro atoms. The van der Waals surface area contributed by atoms with Gasteiger partial charge in [-0.15, -0.1) is 0 Å². The van der Waals surface area contributed by atoms with Crippen molar-refractivity contribution in [3.8, 4) is 0 Å². The van der Waals surface area contributed by atoms with Crippen molar-refractivity contribution < 1.29 is 9.59 Å². The van der Waals surface area contributed by atoms with E-state index in [9.17, 15) is 9.59 Å². The van der Waals surface area contributed by atoms with E-state index in [0.29, 0.717) is 16.7 Å². The molecule has 0 bridgehead atoms. The van der Waals surface area contributed by atoms with E-state index >= 15 is 0 Å². The van der Waals surface area contributed by atoms with E-state index in [-0.39, 0.29) is 23.3 Å². The first-order valence-electron chi connectivity index (χ1n) is 7.56. The second-order valence-electron chi connectivity index (χ2n) is 5.65. The molecule has 8 heteroatoms. The summed E-state index contributed by atoms with van der Waals surface area (Å²) in [5.74, 6) is -0.152. The summed E-state index contributed by atoms with van der Waals surface area (Å²) < 4.78 is 1.75. The van der Waals surface area contributed by atoms with Gasteiger partial charge >= 0.3 is 0 Å². The van der Waals surface area contributed by atoms with E-state index in [4.69, 9.17) is 23.2 Å². The van der Waals surface area contributed by atoms with Crippen LogP contribution in [0.15, 0.2) is 42.5 Å². The highest BCUT2D eigenvalue weighted by atomic mass is 35.5. The predicted octanol–water partition coefficient (Wildman–Crippen LogP) is 3.87. The van der Waals surface area contributed by atoms with Crippen molar-refractivity contribution in [1.29, 1.82) is 0 Å². The first-order valence-corrected chi connectivity index (χ1v) is 8.32. The number of anilines is 2. The molecular formula is C17H12Cl2N4O2. The molecule has 0 fully saturated rings. The van der Waals surface area contributed by atoms with Gasteiger partial charge in [0.15, 0.2) is 0 Å². The fourth-order valence-corrected chi connectivity index (χ4v) is 3.27. The minimum absolute atomic E-state index is 0.0397. The van der Waals surface area contributed by atoms with Gasteiger partial charge in [-0.3, -0.25) is 19.5 Å². The topological polar surface area (TPSA) is 76.0 Å². The van der Waals surface area contributed by atoms with Crippen LogP contribution in [0.2, 0.25) is 10.0 Å². The van der Waals surface area contributed by atoms with E-state index in [1.54, 1.807) is 22.8 Å². The SMILES string of the molecule is O=C(C[C@@H]1C(=O)Nc2nc3ccccc3n21)Nc1cccc(Cl)c1Cl. The van der Waals surface area contributed by atoms with Crippen LogP contribution < -0.4 is 10.6 Å². The number of fused-ring (bicyclic) bond motifs is 3. The van der Waals surface area contributed by atoms with Crippen LogP contribution in [0.1, 0.15) is 12.5 Å². The molecule has 1 atom stereocenters. The Labute approximate surface area is 152 Å². The van der Waals surface area contributed by atoms with Gasteiger partial charge < -0.3 is 5.32 Å². The maximum absolute atomic E-state index is 12.4. The first-order chi connectivity index (χ1) is 12.0. The quantitative estimate of drug-likeness (QED) is 0.730. The second kappa shape index (κ2) is 6.06. The number of benzene rings is 2. The molecule has 2 aromatic carbocycles. The zero-order valence-electron chi connectivity index (χ0n) is 12.8. The number of halogens is 2. The summed E-state index contributed by atoms with van der Waals surface area (Å²) in [5, 5.41) is 6.03. The molecule has 0 saturated carbocycles. The average Bonchev–Trinajstić information content (AvgIpc) is 3.08. The van der Waals surface area contributed by atoms with Crippen molar-refractivity contribution in [1.82, 2.24) is 9.55 Å². The van der Waals surface area contributed by atoms with Crippen LogP contribution in [0.4, 0.5) is 11.6 Å². The van der Waals surface area contributed by atoms with E-state index in [1.807, 2.05) is 24.3 Å². The monoisotopic (exact) mass is 374 g/mol. The normalized spacial score (nSPS) is 15.9. The molecule has 1 aliphatic rings. The number of carbonyl (C=O) groups is 2. The molecular weight excluding hydrogens is 363 g/mol. The molecule has 2 heterocycles. The summed E-state index contributed by atoms with van der Waals surface area (Å²) in [5.41, 5.74) is 1.98. The van der Waals surface area contributed by atoms with Gasteiger partial charge in [0.05, 0.1) is 33.2 Å². The molecule has 4 rings (SSSR count). The Bertz CT molecular complexity index is 1020. The molecule has 0 unspecified atom stereocenters. The number of rotatable bonds is 3. The zero-order valence-corrected chi connectivity index (χ0v) is 14.3. The third-order valence-electron chi connectivity index (χ3n) is 4.05. The smallest absolute Gasteiger partial charge is 0.250 e. The van der Waals surface area contributed by atoms with E-state index in [0.717, 1.165) is 11.0 Å². The fourth-order valence-electron chi connectivity index (χ4n) is 2.92. The second-order valence-corrected chi connectivity index (χ2v) is 6.44. The Morgan fingerprint density at radius 2 is 2.00 bits per heavy atom. The third kappa shape index (κ3) is 2.73. The Morgan fingerprint density at radius 1 is 1.20 bits per heavy atom. The van der Waals surface area contributed by atoms with Crippen molar-refractivity contribution in [2.24, 2.45) is 0 Å². The molecule has 0 radical (unpaired) electrons. The Kier molecular flexibility index (Phi) is 3.86. The lowest BCUT2D eigenvalue weighted by molar-refractivity contribution is -0.123. The van der Waals surface area contributed by atoms with Crippen molar-refractivity contribution in [2.45, 2.75) is 12.5 Å². The summed E-state index contributed by atoms with van der Waals surface area (Å²) in [4.78, 5) is 29.0. The molecule has 6 nitrogen and oxygen atoms in total. The number of nitrogens with one attached hydrogen (secondary N) is 2. The number of para-hydroxylation sites is 2. The molecule has 0 aliphatic carbocycles. The standard InChI is InChI=1S/C17H12Cl2N4O2/c18-9-4-3-6-11(15(9)19)20-14(24)8-13-16(25)22-17-21-10-5-1-2-7-12(10)23(13)17/h1-7,13H,8H2,(H,20,24)(H,21,22,25)/t13-/m1/s1. The van der Waals surface area contributed by atoms with E-state index < -0.39 is 6.04 Å². The predicted molar refractivity (Wildman–Crippen MR) is 97.1 cm³/mol. The van der Waals surface area contributed by atoms with Crippen LogP contribution in [0.5, 0.6) is 0 Å². The third-order valence-corrected chi connectivity index (χ3v) is 4.87. The summed E-state index contributed by atoms with van der Waals surface area (Å²) in [6, 6.07) is 11.8. The van der Waals surface area contributed by atoms with Crippen LogP contribution >= 0.6 is 23.2 Å². The Balaban J connectivity index is 1.60. The molecule has 126 valence electrons. The van der Waals surface area contributed by atoms with Gasteiger partial charge in [0.25, 0.3) is 0 Å². The number of hydrogen-bond acceptors (Lipinski definition) is 3. The summed E-state index contributed by atoms with van der Waals surface area (Å²) >= 11 is 12.0. The summed E-state index contributed by atoms with van der Waals surface area (Å²) in [7, 11) is 0. The molecule has 0 saturated heterocycles. The van der Waals surface area contributed by atoms with Crippen molar-refractivity contribution in [2.75, 3.05) is 10.6 Å². The highest BCUT2D eigenvalue weighted by Crippen LogP contribution is 2.33. The Morgan fingerprint density at radius 3 is 2.84 bits per heavy atom. The van der Waals surface area contributed by atoms with Gasteiger partial charge in [-0.1, -0.05) is 41.4 Å². The van der Waals surface area contributed by atoms with Crippen molar-refractivity contribution in [3.63, 3.8) is 0 Å². The minimum Gasteiger partial charge on any atom is -0.325 e. The van der Waals surface area contributed by atoms with Crippen molar-refractivity contribution in [3.05, 3.63) is 52.5 Å². The van der Waals surface area contributed by atoms with Gasteiger partial charge in [0.2, 0.25) is 17.8 Å². The molecule has 1 aliphatic heterocycles.